The lowest BCUT2D eigenvalue weighted by Crippen LogP contribution is -2.31. The van der Waals surface area contributed by atoms with Gasteiger partial charge in [-0.2, -0.15) is 0 Å². The zero-order valence-corrected chi connectivity index (χ0v) is 17.2. The van der Waals surface area contributed by atoms with Crippen LogP contribution in [0.1, 0.15) is 49.8 Å². The average molecular weight is 420 g/mol. The summed E-state index contributed by atoms with van der Waals surface area (Å²) >= 11 is 0. The molecule has 2 heterocycles. The highest BCUT2D eigenvalue weighted by Crippen LogP contribution is 2.60. The van der Waals surface area contributed by atoms with E-state index in [9.17, 15) is 14.3 Å². The lowest BCUT2D eigenvalue weighted by molar-refractivity contribution is -0.156. The van der Waals surface area contributed by atoms with Gasteiger partial charge in [0.2, 0.25) is 0 Å². The number of hydrogen-bond acceptors (Lipinski definition) is 4. The van der Waals surface area contributed by atoms with Gasteiger partial charge in [0.1, 0.15) is 17.7 Å². The van der Waals surface area contributed by atoms with Gasteiger partial charge in [0, 0.05) is 17.4 Å². The molecule has 2 aliphatic carbocycles. The van der Waals surface area contributed by atoms with Crippen LogP contribution in [0.2, 0.25) is 0 Å². The molecule has 1 aromatic carbocycles. The minimum atomic E-state index is -0.678. The topological polar surface area (TPSA) is 59.7 Å². The van der Waals surface area contributed by atoms with Crippen LogP contribution in [0.4, 0.5) is 4.39 Å². The van der Waals surface area contributed by atoms with Crippen LogP contribution in [0.25, 0.3) is 11.1 Å². The first-order valence-electron chi connectivity index (χ1n) is 10.9. The first-order chi connectivity index (χ1) is 15.0. The molecule has 1 saturated heterocycles. The van der Waals surface area contributed by atoms with E-state index in [2.05, 4.69) is 6.08 Å². The Balaban J connectivity index is 1.60. The highest BCUT2D eigenvalue weighted by Gasteiger charge is 2.46. The third kappa shape index (κ3) is 3.68. The van der Waals surface area contributed by atoms with E-state index in [4.69, 9.17) is 9.15 Å². The molecule has 5 rings (SSSR count). The molecule has 0 bridgehead atoms. The summed E-state index contributed by atoms with van der Waals surface area (Å²) in [6.45, 7) is 0. The van der Waals surface area contributed by atoms with Gasteiger partial charge in [-0.1, -0.05) is 31.1 Å². The fourth-order valence-corrected chi connectivity index (χ4v) is 5.27. The first-order valence-corrected chi connectivity index (χ1v) is 10.9. The second-order valence-corrected chi connectivity index (χ2v) is 8.64. The van der Waals surface area contributed by atoms with Crippen LogP contribution in [0.3, 0.4) is 0 Å². The summed E-state index contributed by atoms with van der Waals surface area (Å²) < 4.78 is 24.8. The first kappa shape index (κ1) is 20.0. The Bertz CT molecular complexity index is 1050. The van der Waals surface area contributed by atoms with Gasteiger partial charge >= 0.3 is 5.97 Å². The standard InChI is InChI=1S/C26H25FO4/c27-18-7-5-17(6-8-18)21-16-23(24-4-3-13-30-24)26(11-1-2-12-26)22(21)10-9-20-14-19(28)15-25(29)31-20/h3-10,13,16,19-20,28H,1-2,11-12,14-15H2/t19-,20-/m1/s1. The number of allylic oxidation sites excluding steroid dienone is 5. The molecule has 3 aliphatic rings. The number of furan rings is 1. The van der Waals surface area contributed by atoms with E-state index in [0.29, 0.717) is 6.42 Å². The number of aliphatic hydroxyl groups excluding tert-OH is 1. The summed E-state index contributed by atoms with van der Waals surface area (Å²) in [6, 6.07) is 10.4. The number of aliphatic hydroxyl groups is 1. The lowest BCUT2D eigenvalue weighted by atomic mass is 9.73. The minimum Gasteiger partial charge on any atom is -0.465 e. The maximum Gasteiger partial charge on any atom is 0.309 e. The van der Waals surface area contributed by atoms with E-state index in [1.165, 1.54) is 12.1 Å². The van der Waals surface area contributed by atoms with Crippen molar-refractivity contribution in [1.82, 2.24) is 0 Å². The third-order valence-corrected chi connectivity index (χ3v) is 6.68. The third-order valence-electron chi connectivity index (χ3n) is 6.68. The molecule has 1 saturated carbocycles. The fraction of sp³-hybridized carbons (Fsp3) is 0.346. The molecular weight excluding hydrogens is 395 g/mol. The monoisotopic (exact) mass is 420 g/mol. The minimum absolute atomic E-state index is 0.0437. The lowest BCUT2D eigenvalue weighted by Gasteiger charge is -2.30. The van der Waals surface area contributed by atoms with Crippen LogP contribution in [0.15, 0.2) is 70.9 Å². The average Bonchev–Trinajstić information content (AvgIpc) is 3.48. The van der Waals surface area contributed by atoms with Crippen molar-refractivity contribution in [3.8, 4) is 0 Å². The Morgan fingerprint density at radius 1 is 1.13 bits per heavy atom. The number of halogens is 1. The molecule has 1 aliphatic heterocycles. The van der Waals surface area contributed by atoms with Gasteiger partial charge in [0.25, 0.3) is 0 Å². The predicted molar refractivity (Wildman–Crippen MR) is 115 cm³/mol. The number of carbonyl (C=O) groups excluding carboxylic acids is 1. The van der Waals surface area contributed by atoms with Gasteiger partial charge < -0.3 is 14.3 Å². The number of benzene rings is 1. The van der Waals surface area contributed by atoms with Crippen molar-refractivity contribution < 1.29 is 23.4 Å². The molecule has 4 nitrogen and oxygen atoms in total. The van der Waals surface area contributed by atoms with Crippen molar-refractivity contribution in [3.05, 3.63) is 83.6 Å². The molecule has 0 radical (unpaired) electrons. The van der Waals surface area contributed by atoms with Gasteiger partial charge in [0.05, 0.1) is 18.8 Å². The Kier molecular flexibility index (Phi) is 5.14. The van der Waals surface area contributed by atoms with Crippen molar-refractivity contribution in [2.45, 2.75) is 50.7 Å². The molecule has 1 aromatic heterocycles. The molecule has 2 aromatic rings. The fourth-order valence-electron chi connectivity index (χ4n) is 5.27. The van der Waals surface area contributed by atoms with E-state index >= 15 is 0 Å². The van der Waals surface area contributed by atoms with Gasteiger partial charge in [-0.05, 0) is 66.0 Å². The number of esters is 1. The molecule has 31 heavy (non-hydrogen) atoms. The summed E-state index contributed by atoms with van der Waals surface area (Å²) in [4.78, 5) is 11.8. The maximum absolute atomic E-state index is 13.6. The van der Waals surface area contributed by atoms with Crippen molar-refractivity contribution >= 4 is 17.1 Å². The highest BCUT2D eigenvalue weighted by molar-refractivity contribution is 5.96. The summed E-state index contributed by atoms with van der Waals surface area (Å²) in [5.41, 5.74) is 4.07. The molecule has 5 heteroatoms. The van der Waals surface area contributed by atoms with E-state index < -0.39 is 12.2 Å². The molecule has 2 atom stereocenters. The van der Waals surface area contributed by atoms with Crippen molar-refractivity contribution in [2.24, 2.45) is 5.41 Å². The van der Waals surface area contributed by atoms with E-state index in [0.717, 1.165) is 53.7 Å². The zero-order chi connectivity index (χ0) is 21.4. The molecule has 0 amide bonds. The van der Waals surface area contributed by atoms with Crippen molar-refractivity contribution in [2.75, 3.05) is 0 Å². The van der Waals surface area contributed by atoms with Crippen LogP contribution >= 0.6 is 0 Å². The van der Waals surface area contributed by atoms with E-state index in [1.807, 2.05) is 24.3 Å². The van der Waals surface area contributed by atoms with E-state index in [-0.39, 0.29) is 23.6 Å². The summed E-state index contributed by atoms with van der Waals surface area (Å²) in [6.07, 6.45) is 11.3. The number of ether oxygens (including phenoxy) is 1. The molecule has 1 spiro atoms. The molecule has 160 valence electrons. The Hall–Kier alpha value is -2.92. The molecule has 0 unspecified atom stereocenters. The van der Waals surface area contributed by atoms with Gasteiger partial charge in [0.15, 0.2) is 0 Å². The van der Waals surface area contributed by atoms with Crippen LogP contribution in [-0.4, -0.2) is 23.3 Å². The SMILES string of the molecule is O=C1C[C@H](O)C[C@@H](C=CC2=C(c3ccc(F)cc3)C=C(c3ccco3)C23CCCC3)O1. The van der Waals surface area contributed by atoms with Gasteiger partial charge in [-0.25, -0.2) is 4.39 Å². The highest BCUT2D eigenvalue weighted by atomic mass is 19.1. The predicted octanol–water partition coefficient (Wildman–Crippen LogP) is 5.45. The number of carbonyl (C=O) groups is 1. The number of cyclic esters (lactones) is 1. The maximum atomic E-state index is 13.6. The van der Waals surface area contributed by atoms with Crippen LogP contribution in [-0.2, 0) is 9.53 Å². The smallest absolute Gasteiger partial charge is 0.309 e. The summed E-state index contributed by atoms with van der Waals surface area (Å²) in [5.74, 6) is 0.204. The Morgan fingerprint density at radius 3 is 2.58 bits per heavy atom. The summed E-state index contributed by atoms with van der Waals surface area (Å²) in [7, 11) is 0. The van der Waals surface area contributed by atoms with Gasteiger partial charge in [-0.15, -0.1) is 0 Å². The van der Waals surface area contributed by atoms with Crippen LogP contribution in [0, 0.1) is 11.2 Å². The molecular formula is C26H25FO4. The molecule has 2 fully saturated rings. The van der Waals surface area contributed by atoms with Crippen molar-refractivity contribution in [1.29, 1.82) is 0 Å². The van der Waals surface area contributed by atoms with Crippen molar-refractivity contribution in [3.63, 3.8) is 0 Å². The Morgan fingerprint density at radius 2 is 1.90 bits per heavy atom. The Labute approximate surface area is 180 Å². The second kappa shape index (κ2) is 7.97. The van der Waals surface area contributed by atoms with Crippen LogP contribution in [0.5, 0.6) is 0 Å². The van der Waals surface area contributed by atoms with Gasteiger partial charge in [-0.3, -0.25) is 4.79 Å². The summed E-state index contributed by atoms with van der Waals surface area (Å²) in [5, 5.41) is 9.97. The largest absolute Gasteiger partial charge is 0.465 e. The molecule has 1 N–H and O–H groups in total. The number of hydrogen-bond donors (Lipinski definition) is 1. The van der Waals surface area contributed by atoms with E-state index in [1.54, 1.807) is 18.4 Å². The quantitative estimate of drug-likeness (QED) is 0.668. The second-order valence-electron chi connectivity index (χ2n) is 8.64. The zero-order valence-electron chi connectivity index (χ0n) is 17.2. The number of rotatable bonds is 4. The normalized spacial score (nSPS) is 25.5. The van der Waals surface area contributed by atoms with Crippen LogP contribution < -0.4 is 0 Å².